The van der Waals surface area contributed by atoms with Crippen molar-refractivity contribution in [2.75, 3.05) is 13.2 Å². The Balaban J connectivity index is 0.000000333. The monoisotopic (exact) mass is 856 g/mol. The summed E-state index contributed by atoms with van der Waals surface area (Å²) in [4.78, 5) is 47.5. The van der Waals surface area contributed by atoms with Crippen molar-refractivity contribution in [2.45, 2.75) is 13.8 Å². The molecule has 0 aliphatic heterocycles. The summed E-state index contributed by atoms with van der Waals surface area (Å²) in [5.41, 5.74) is -4.04. The molecule has 4 heterocycles. The molecule has 4 rings (SSSR count). The van der Waals surface area contributed by atoms with Gasteiger partial charge in [0.25, 0.3) is 11.1 Å². The average molecular weight is 859 g/mol. The second-order valence-corrected chi connectivity index (χ2v) is 11.2. The van der Waals surface area contributed by atoms with Crippen molar-refractivity contribution in [2.24, 2.45) is 48.6 Å². The van der Waals surface area contributed by atoms with Crippen molar-refractivity contribution >= 4 is 54.9 Å². The Morgan fingerprint density at radius 1 is 0.673 bits per heavy atom. The van der Waals surface area contributed by atoms with Crippen molar-refractivity contribution in [1.82, 2.24) is 18.3 Å². The molecule has 0 unspecified atom stereocenters. The molecule has 266 valence electrons. The fourth-order valence-electron chi connectivity index (χ4n) is 3.73. The van der Waals surface area contributed by atoms with Gasteiger partial charge in [0.15, 0.2) is 0 Å². The van der Waals surface area contributed by atoms with Gasteiger partial charge in [-0.25, -0.2) is 19.0 Å². The molecule has 2 N–H and O–H groups in total. The van der Waals surface area contributed by atoms with E-state index >= 15 is 0 Å². The zero-order chi connectivity index (χ0) is 36.0. The largest absolute Gasteiger partial charge is 0.710 e. The molecule has 0 aliphatic carbocycles. The Labute approximate surface area is 302 Å². The minimum atomic E-state index is -0.841. The molecule has 20 nitrogen and oxygen atoms in total. The fraction of sp³-hybridized carbons (Fsp3) is 0.308. The van der Waals surface area contributed by atoms with E-state index in [0.29, 0.717) is 18.4 Å². The van der Waals surface area contributed by atoms with E-state index in [2.05, 4.69) is 52.3 Å². The van der Waals surface area contributed by atoms with E-state index in [1.165, 1.54) is 52.7 Å². The molecule has 23 heteroatoms. The van der Waals surface area contributed by atoms with Crippen LogP contribution in [0.25, 0.3) is 0 Å². The number of pyridine rings is 2. The van der Waals surface area contributed by atoms with Gasteiger partial charge in [0.05, 0.1) is 32.4 Å². The molecule has 0 spiro atoms. The zero-order valence-electron chi connectivity index (χ0n) is 26.4. The van der Waals surface area contributed by atoms with Crippen molar-refractivity contribution in [3.05, 3.63) is 85.6 Å². The van der Waals surface area contributed by atoms with Gasteiger partial charge in [0.1, 0.15) is 12.4 Å². The summed E-state index contributed by atoms with van der Waals surface area (Å²) in [6, 6.07) is 3.04. The minimum absolute atomic E-state index is 0. The number of aromatic nitrogens is 6. The van der Waals surface area contributed by atoms with E-state index in [9.17, 15) is 39.8 Å². The molecule has 0 aromatic carbocycles. The molecule has 0 aliphatic rings. The summed E-state index contributed by atoms with van der Waals surface area (Å²) in [5, 5.41) is 58.5. The maximum atomic E-state index is 12.0. The molecule has 0 amide bonds. The van der Waals surface area contributed by atoms with Crippen LogP contribution in [0.5, 0.6) is 23.3 Å². The maximum absolute atomic E-state index is 12.0. The first kappa shape index (κ1) is 40.3. The SMILES string of the molecule is CCOc1cc(Br)c[n+]([O-])c1N=Nc1c(O)n(C)c(=O)n(C)c1=O.CCOc1cc(Br)c[n+]([O-])c1N=Nc1c(O)n(C)c(=O)n(C)c1=O.[Ni]. The first-order valence-corrected chi connectivity index (χ1v) is 15.1. The molecule has 0 atom stereocenters. The fourth-order valence-corrected chi connectivity index (χ4v) is 4.52. The van der Waals surface area contributed by atoms with Gasteiger partial charge in [-0.2, -0.15) is 0 Å². The summed E-state index contributed by atoms with van der Waals surface area (Å²) in [7, 11) is 5.02. The second kappa shape index (κ2) is 17.0. The van der Waals surface area contributed by atoms with Crippen LogP contribution in [0, 0.1) is 10.4 Å². The van der Waals surface area contributed by atoms with Crippen LogP contribution >= 0.6 is 31.9 Å². The molecule has 0 saturated heterocycles. The number of hydrogen-bond acceptors (Lipinski definition) is 14. The summed E-state index contributed by atoms with van der Waals surface area (Å²) in [6.07, 6.45) is 2.38. The van der Waals surface area contributed by atoms with E-state index in [4.69, 9.17) is 9.47 Å². The Morgan fingerprint density at radius 3 is 1.31 bits per heavy atom. The summed E-state index contributed by atoms with van der Waals surface area (Å²) < 4.78 is 15.6. The molecule has 4 aromatic heterocycles. The van der Waals surface area contributed by atoms with Crippen molar-refractivity contribution in [1.29, 1.82) is 0 Å². The van der Waals surface area contributed by atoms with E-state index in [1.54, 1.807) is 13.8 Å². The Hall–Kier alpha value is -4.89. The van der Waals surface area contributed by atoms with E-state index in [1.807, 2.05) is 0 Å². The minimum Gasteiger partial charge on any atom is -0.710 e. The van der Waals surface area contributed by atoms with Crippen LogP contribution in [0.2, 0.25) is 0 Å². The number of hydrogen-bond donors (Lipinski definition) is 2. The summed E-state index contributed by atoms with van der Waals surface area (Å²) in [5.74, 6) is -1.41. The third kappa shape index (κ3) is 8.78. The van der Waals surface area contributed by atoms with Crippen molar-refractivity contribution in [3.63, 3.8) is 0 Å². The average Bonchev–Trinajstić information content (AvgIpc) is 3.03. The molecule has 0 radical (unpaired) electrons. The topological polar surface area (TPSA) is 250 Å². The van der Waals surface area contributed by atoms with Gasteiger partial charge >= 0.3 is 23.0 Å². The van der Waals surface area contributed by atoms with Crippen LogP contribution in [0.4, 0.5) is 23.0 Å². The van der Waals surface area contributed by atoms with Crippen LogP contribution in [0.15, 0.2) is 73.1 Å². The van der Waals surface area contributed by atoms with Gasteiger partial charge in [-0.1, -0.05) is 0 Å². The van der Waals surface area contributed by atoms with Crippen LogP contribution < -0.4 is 41.4 Å². The van der Waals surface area contributed by atoms with Crippen LogP contribution in [-0.2, 0) is 44.7 Å². The van der Waals surface area contributed by atoms with E-state index in [0.717, 1.165) is 18.3 Å². The molecule has 4 aromatic rings. The number of nitrogens with zero attached hydrogens (tertiary/aromatic N) is 10. The first-order chi connectivity index (χ1) is 22.5. The normalized spacial score (nSPS) is 10.9. The van der Waals surface area contributed by atoms with Crippen LogP contribution in [0.1, 0.15) is 13.8 Å². The van der Waals surface area contributed by atoms with Gasteiger partial charge in [-0.3, -0.25) is 27.9 Å². The van der Waals surface area contributed by atoms with Gasteiger partial charge in [0.2, 0.25) is 34.6 Å². The maximum Gasteiger partial charge on any atom is 0.395 e. The molecule has 0 fully saturated rings. The first-order valence-electron chi connectivity index (χ1n) is 13.5. The number of halogens is 2. The third-order valence-corrected chi connectivity index (χ3v) is 7.06. The van der Waals surface area contributed by atoms with Crippen molar-refractivity contribution < 1.29 is 45.6 Å². The van der Waals surface area contributed by atoms with E-state index < -0.39 is 45.6 Å². The third-order valence-electron chi connectivity index (χ3n) is 6.19. The Bertz CT molecular complexity index is 2030. The summed E-state index contributed by atoms with van der Waals surface area (Å²) in [6.45, 7) is 4.02. The predicted molar refractivity (Wildman–Crippen MR) is 174 cm³/mol. The quantitative estimate of drug-likeness (QED) is 0.113. The van der Waals surface area contributed by atoms with Crippen LogP contribution in [-0.4, -0.2) is 41.7 Å². The molecular weight excluding hydrogens is 831 g/mol. The van der Waals surface area contributed by atoms with Gasteiger partial charge in [-0.05, 0) is 55.9 Å². The van der Waals surface area contributed by atoms with Gasteiger partial charge in [0, 0.05) is 56.8 Å². The Kier molecular flexibility index (Phi) is 14.0. The number of azo groups is 2. The number of rotatable bonds is 8. The molecule has 49 heavy (non-hydrogen) atoms. The zero-order valence-corrected chi connectivity index (χ0v) is 30.6. The second-order valence-electron chi connectivity index (χ2n) is 9.37. The van der Waals surface area contributed by atoms with Gasteiger partial charge in [-0.15, -0.1) is 0 Å². The van der Waals surface area contributed by atoms with Crippen LogP contribution in [0.3, 0.4) is 0 Å². The number of aromatic hydroxyl groups is 2. The van der Waals surface area contributed by atoms with E-state index in [-0.39, 0.29) is 52.8 Å². The Morgan fingerprint density at radius 2 is 1.00 bits per heavy atom. The van der Waals surface area contributed by atoms with Gasteiger partial charge < -0.3 is 30.1 Å². The van der Waals surface area contributed by atoms with Crippen molar-refractivity contribution in [3.8, 4) is 23.3 Å². The smallest absolute Gasteiger partial charge is 0.395 e. The number of ether oxygens (including phenoxy) is 2. The summed E-state index contributed by atoms with van der Waals surface area (Å²) >= 11 is 6.32. The molecular formula is C26H28Br2N10NiO10. The molecule has 0 saturated carbocycles. The standard InChI is InChI=1S/2C13H14BrN5O5.Ni/c2*1-4-24-8-5-7(14)6-19(23)10(8)16-15-9-11(20)17(2)13(22)18(3)12(9)21;/h2*5-6,20H,4H2,1-3H3;. The predicted octanol–water partition coefficient (Wildman–Crippen LogP) is 2.00. The molecule has 0 bridgehead atoms.